The molecule has 0 heterocycles. The van der Waals surface area contributed by atoms with Gasteiger partial charge in [0.1, 0.15) is 0 Å². The summed E-state index contributed by atoms with van der Waals surface area (Å²) >= 11 is 0. The number of rotatable bonds is 3. The molecule has 0 rings (SSSR count). The summed E-state index contributed by atoms with van der Waals surface area (Å²) in [6, 6.07) is 0. The Bertz CT molecular complexity index is 71.7. The summed E-state index contributed by atoms with van der Waals surface area (Å²) in [6.07, 6.45) is 1.32. The van der Waals surface area contributed by atoms with Gasteiger partial charge in [-0.25, -0.2) is 0 Å². The zero-order chi connectivity index (χ0) is 6.41. The number of nitrogens with zero attached hydrogens (tertiary/aromatic N) is 2. The summed E-state index contributed by atoms with van der Waals surface area (Å²) in [4.78, 5) is 4.76. The second-order valence-electron chi connectivity index (χ2n) is 1.38. The standard InChI is InChI=1S/C4H11N3O/c1-5-6-4-8-7(2)3/h4-5H,1-3H3/b6-4-. The summed E-state index contributed by atoms with van der Waals surface area (Å²) in [7, 11) is 5.26. The maximum atomic E-state index is 4.76. The van der Waals surface area contributed by atoms with Crippen molar-refractivity contribution in [2.24, 2.45) is 5.10 Å². The molecule has 8 heavy (non-hydrogen) atoms. The Hall–Kier alpha value is -0.770. The van der Waals surface area contributed by atoms with Gasteiger partial charge in [0, 0.05) is 21.1 Å². The molecule has 0 aromatic rings. The highest BCUT2D eigenvalue weighted by molar-refractivity contribution is 5.44. The topological polar surface area (TPSA) is 36.9 Å². The lowest BCUT2D eigenvalue weighted by molar-refractivity contribution is -0.0112. The van der Waals surface area contributed by atoms with E-state index in [0.29, 0.717) is 0 Å². The van der Waals surface area contributed by atoms with Crippen molar-refractivity contribution in [2.75, 3.05) is 21.1 Å². The Labute approximate surface area is 49.1 Å². The Morgan fingerprint density at radius 1 is 1.62 bits per heavy atom. The summed E-state index contributed by atoms with van der Waals surface area (Å²) in [5.41, 5.74) is 2.54. The van der Waals surface area contributed by atoms with Crippen molar-refractivity contribution in [3.63, 3.8) is 0 Å². The molecule has 0 saturated heterocycles. The second-order valence-corrected chi connectivity index (χ2v) is 1.38. The van der Waals surface area contributed by atoms with Crippen molar-refractivity contribution in [2.45, 2.75) is 0 Å². The van der Waals surface area contributed by atoms with Crippen LogP contribution in [-0.4, -0.2) is 32.6 Å². The van der Waals surface area contributed by atoms with Gasteiger partial charge in [-0.1, -0.05) is 0 Å². The van der Waals surface area contributed by atoms with Crippen LogP contribution in [0.15, 0.2) is 5.10 Å². The molecule has 4 heteroatoms. The monoisotopic (exact) mass is 117 g/mol. The SMILES string of the molecule is CN/N=C\ON(C)C. The molecule has 0 unspecified atom stereocenters. The highest BCUT2D eigenvalue weighted by Crippen LogP contribution is 1.69. The average molecular weight is 117 g/mol. The number of hydrazone groups is 1. The smallest absolute Gasteiger partial charge is 0.218 e. The molecule has 48 valence electrons. The van der Waals surface area contributed by atoms with Crippen molar-refractivity contribution in [1.82, 2.24) is 10.5 Å². The van der Waals surface area contributed by atoms with Crippen LogP contribution in [0.3, 0.4) is 0 Å². The molecule has 0 bridgehead atoms. The Morgan fingerprint density at radius 3 is 2.62 bits per heavy atom. The van der Waals surface area contributed by atoms with Crippen LogP contribution < -0.4 is 5.43 Å². The molecule has 0 aliphatic carbocycles. The van der Waals surface area contributed by atoms with Crippen molar-refractivity contribution < 1.29 is 4.84 Å². The maximum absolute atomic E-state index is 4.76. The largest absolute Gasteiger partial charge is 0.393 e. The molecule has 0 aromatic heterocycles. The minimum Gasteiger partial charge on any atom is -0.393 e. The maximum Gasteiger partial charge on any atom is 0.218 e. The molecule has 4 nitrogen and oxygen atoms in total. The first-order chi connectivity index (χ1) is 3.77. The van der Waals surface area contributed by atoms with Gasteiger partial charge in [0.05, 0.1) is 0 Å². The summed E-state index contributed by atoms with van der Waals surface area (Å²) in [6.45, 7) is 0. The Morgan fingerprint density at radius 2 is 2.25 bits per heavy atom. The molecule has 0 spiro atoms. The van der Waals surface area contributed by atoms with E-state index in [1.165, 1.54) is 6.40 Å². The van der Waals surface area contributed by atoms with Crippen molar-refractivity contribution in [3.8, 4) is 0 Å². The van der Waals surface area contributed by atoms with Crippen molar-refractivity contribution in [3.05, 3.63) is 0 Å². The minimum atomic E-state index is 1.32. The highest BCUT2D eigenvalue weighted by Gasteiger charge is 1.77. The Balaban J connectivity index is 3.03. The molecule has 0 aromatic carbocycles. The zero-order valence-corrected chi connectivity index (χ0v) is 5.38. The van der Waals surface area contributed by atoms with Gasteiger partial charge in [0.2, 0.25) is 6.40 Å². The molecule has 0 aliphatic heterocycles. The lowest BCUT2D eigenvalue weighted by Gasteiger charge is -2.04. The number of hydrogen-bond donors (Lipinski definition) is 1. The van der Waals surface area contributed by atoms with Crippen LogP contribution >= 0.6 is 0 Å². The average Bonchev–Trinajstić information content (AvgIpc) is 1.66. The van der Waals surface area contributed by atoms with Gasteiger partial charge in [0.25, 0.3) is 0 Å². The third kappa shape index (κ3) is 5.23. The summed E-state index contributed by atoms with van der Waals surface area (Å²) in [5, 5.41) is 5.12. The number of hydrogen-bond acceptors (Lipinski definition) is 4. The molecular weight excluding hydrogens is 106 g/mol. The third-order valence-electron chi connectivity index (χ3n) is 0.440. The van der Waals surface area contributed by atoms with E-state index < -0.39 is 0 Å². The molecule has 0 atom stereocenters. The van der Waals surface area contributed by atoms with Gasteiger partial charge in [-0.05, 0) is 0 Å². The summed E-state index contributed by atoms with van der Waals surface area (Å²) < 4.78 is 0. The molecule has 0 saturated carbocycles. The zero-order valence-electron chi connectivity index (χ0n) is 5.38. The normalized spacial score (nSPS) is 10.5. The second kappa shape index (κ2) is 4.39. The van der Waals surface area contributed by atoms with Crippen LogP contribution in [0.25, 0.3) is 0 Å². The van der Waals surface area contributed by atoms with E-state index >= 15 is 0 Å². The van der Waals surface area contributed by atoms with Gasteiger partial charge in [0.15, 0.2) is 0 Å². The number of nitrogens with one attached hydrogen (secondary N) is 1. The van der Waals surface area contributed by atoms with Crippen LogP contribution in [0, 0.1) is 0 Å². The fourth-order valence-electron chi connectivity index (χ4n) is 0.171. The van der Waals surface area contributed by atoms with E-state index in [2.05, 4.69) is 10.5 Å². The van der Waals surface area contributed by atoms with E-state index in [-0.39, 0.29) is 0 Å². The fraction of sp³-hybridized carbons (Fsp3) is 0.750. The van der Waals surface area contributed by atoms with E-state index in [1.54, 1.807) is 26.2 Å². The predicted octanol–water partition coefficient (Wildman–Crippen LogP) is -0.358. The Kier molecular flexibility index (Phi) is 3.97. The molecule has 0 fully saturated rings. The lowest BCUT2D eigenvalue weighted by Crippen LogP contribution is -2.11. The molecule has 0 amide bonds. The minimum absolute atomic E-state index is 1.32. The molecule has 0 aliphatic rings. The van der Waals surface area contributed by atoms with Crippen LogP contribution in [0.2, 0.25) is 0 Å². The van der Waals surface area contributed by atoms with Gasteiger partial charge in [-0.15, -0.1) is 10.2 Å². The van der Waals surface area contributed by atoms with Crippen LogP contribution in [-0.2, 0) is 4.84 Å². The highest BCUT2D eigenvalue weighted by atomic mass is 16.7. The quantitative estimate of drug-likeness (QED) is 0.311. The lowest BCUT2D eigenvalue weighted by atomic mass is 11.2. The van der Waals surface area contributed by atoms with Crippen LogP contribution in [0.1, 0.15) is 0 Å². The molecular formula is C4H11N3O. The third-order valence-corrected chi connectivity index (χ3v) is 0.440. The van der Waals surface area contributed by atoms with Crippen LogP contribution in [0.5, 0.6) is 0 Å². The number of hydroxylamine groups is 2. The van der Waals surface area contributed by atoms with E-state index in [9.17, 15) is 0 Å². The van der Waals surface area contributed by atoms with Crippen molar-refractivity contribution in [1.29, 1.82) is 0 Å². The molecule has 1 N–H and O–H groups in total. The summed E-state index contributed by atoms with van der Waals surface area (Å²) in [5.74, 6) is 0. The van der Waals surface area contributed by atoms with Gasteiger partial charge in [-0.3, -0.25) is 0 Å². The van der Waals surface area contributed by atoms with E-state index in [0.717, 1.165) is 0 Å². The van der Waals surface area contributed by atoms with E-state index in [4.69, 9.17) is 4.84 Å². The van der Waals surface area contributed by atoms with E-state index in [1.807, 2.05) is 0 Å². The van der Waals surface area contributed by atoms with Gasteiger partial charge in [-0.2, -0.15) is 0 Å². The van der Waals surface area contributed by atoms with Gasteiger partial charge < -0.3 is 10.3 Å². The van der Waals surface area contributed by atoms with Crippen molar-refractivity contribution >= 4 is 6.40 Å². The first-order valence-electron chi connectivity index (χ1n) is 2.29. The first kappa shape index (κ1) is 7.23. The predicted molar refractivity (Wildman–Crippen MR) is 32.3 cm³/mol. The van der Waals surface area contributed by atoms with Crippen LogP contribution in [0.4, 0.5) is 0 Å². The first-order valence-corrected chi connectivity index (χ1v) is 2.29. The fourth-order valence-corrected chi connectivity index (χ4v) is 0.171. The molecule has 0 radical (unpaired) electrons. The van der Waals surface area contributed by atoms with Gasteiger partial charge >= 0.3 is 0 Å².